The van der Waals surface area contributed by atoms with E-state index < -0.39 is 47.1 Å². The van der Waals surface area contributed by atoms with Gasteiger partial charge in [0, 0.05) is 18.6 Å². The Balaban J connectivity index is 1.75. The van der Waals surface area contributed by atoms with E-state index in [0.717, 1.165) is 28.7 Å². The standard InChI is InChI=1S/C21H24B2F2N3O5/c1-21(2,11-27-20(30)14-5-6-16(24)18(19(14)25)23(31)32)28(9-17(26)29)8-12-3-4-13-10-33-22-15(13)7-12/h3-7,31-32H,8-11H2,1-2H3,(H2,26,29)(H,27,30). The molecule has 2 aromatic carbocycles. The number of primary amides is 1. The molecule has 173 valence electrons. The van der Waals surface area contributed by atoms with Crippen molar-refractivity contribution in [1.29, 1.82) is 0 Å². The minimum atomic E-state index is -2.41. The molecule has 0 spiro atoms. The van der Waals surface area contributed by atoms with Gasteiger partial charge in [-0.3, -0.25) is 14.5 Å². The highest BCUT2D eigenvalue weighted by molar-refractivity contribution is 6.59. The van der Waals surface area contributed by atoms with E-state index in [4.69, 9.17) is 10.4 Å². The highest BCUT2D eigenvalue weighted by atomic mass is 19.1. The van der Waals surface area contributed by atoms with Crippen molar-refractivity contribution >= 4 is 37.3 Å². The van der Waals surface area contributed by atoms with E-state index in [1.165, 1.54) is 0 Å². The van der Waals surface area contributed by atoms with Crippen LogP contribution in [-0.4, -0.2) is 60.0 Å². The SMILES string of the molecule is CC(C)(CNC(=O)c1ccc(F)c(B(O)O)c1F)N(CC(N)=O)Cc1ccc2c(c1)[B]OC2. The zero-order valence-electron chi connectivity index (χ0n) is 18.3. The first-order valence-electron chi connectivity index (χ1n) is 10.2. The van der Waals surface area contributed by atoms with Crippen molar-refractivity contribution in [1.82, 2.24) is 10.2 Å². The molecule has 0 aliphatic carbocycles. The zero-order valence-corrected chi connectivity index (χ0v) is 18.3. The summed E-state index contributed by atoms with van der Waals surface area (Å²) in [5.74, 6) is -3.96. The Labute approximate surface area is 191 Å². The lowest BCUT2D eigenvalue weighted by Gasteiger charge is -2.38. The van der Waals surface area contributed by atoms with Crippen LogP contribution >= 0.6 is 0 Å². The summed E-state index contributed by atoms with van der Waals surface area (Å²) >= 11 is 0. The quantitative estimate of drug-likeness (QED) is 0.355. The fraction of sp³-hybridized carbons (Fsp3) is 0.333. The summed E-state index contributed by atoms with van der Waals surface area (Å²) in [7, 11) is -0.743. The molecule has 1 radical (unpaired) electrons. The monoisotopic (exact) mass is 458 g/mol. The second-order valence-electron chi connectivity index (χ2n) is 8.48. The lowest BCUT2D eigenvalue weighted by atomic mass is 9.78. The molecule has 0 fully saturated rings. The van der Waals surface area contributed by atoms with Gasteiger partial charge in [-0.15, -0.1) is 0 Å². The maximum absolute atomic E-state index is 14.5. The molecule has 0 saturated carbocycles. The van der Waals surface area contributed by atoms with Gasteiger partial charge in [0.1, 0.15) is 11.6 Å². The number of rotatable bonds is 9. The van der Waals surface area contributed by atoms with Crippen molar-refractivity contribution in [3.8, 4) is 0 Å². The Kier molecular flexibility index (Phi) is 7.53. The van der Waals surface area contributed by atoms with Gasteiger partial charge >= 0.3 is 14.6 Å². The first-order valence-corrected chi connectivity index (χ1v) is 10.2. The van der Waals surface area contributed by atoms with E-state index in [1.54, 1.807) is 26.2 Å². The fourth-order valence-electron chi connectivity index (χ4n) is 3.58. The maximum atomic E-state index is 14.5. The molecule has 12 heteroatoms. The van der Waals surface area contributed by atoms with Crippen LogP contribution in [0.4, 0.5) is 8.78 Å². The summed E-state index contributed by atoms with van der Waals surface area (Å²) in [6.45, 7) is 4.32. The van der Waals surface area contributed by atoms with Gasteiger partial charge < -0.3 is 25.8 Å². The van der Waals surface area contributed by atoms with Crippen LogP contribution in [0.1, 0.15) is 35.3 Å². The van der Waals surface area contributed by atoms with Crippen molar-refractivity contribution in [2.24, 2.45) is 5.73 Å². The number of nitrogens with one attached hydrogen (secondary N) is 1. The largest absolute Gasteiger partial charge is 0.494 e. The first-order chi connectivity index (χ1) is 15.5. The van der Waals surface area contributed by atoms with Gasteiger partial charge in [0.2, 0.25) is 5.91 Å². The molecule has 0 aromatic heterocycles. The van der Waals surface area contributed by atoms with E-state index in [-0.39, 0.29) is 13.1 Å². The summed E-state index contributed by atoms with van der Waals surface area (Å²) in [5, 5.41) is 20.9. The van der Waals surface area contributed by atoms with Crippen LogP contribution < -0.4 is 22.0 Å². The highest BCUT2D eigenvalue weighted by Crippen LogP contribution is 2.19. The Morgan fingerprint density at radius 2 is 2.00 bits per heavy atom. The lowest BCUT2D eigenvalue weighted by Crippen LogP contribution is -2.54. The molecule has 2 aromatic rings. The lowest BCUT2D eigenvalue weighted by molar-refractivity contribution is -0.120. The number of hydrogen-bond donors (Lipinski definition) is 4. The number of carbonyl (C=O) groups is 2. The molecule has 33 heavy (non-hydrogen) atoms. The number of amides is 2. The number of hydrogen-bond acceptors (Lipinski definition) is 6. The first kappa shape index (κ1) is 24.8. The van der Waals surface area contributed by atoms with E-state index in [1.807, 2.05) is 18.2 Å². The molecule has 3 rings (SSSR count). The molecule has 2 amide bonds. The van der Waals surface area contributed by atoms with Gasteiger partial charge in [0.15, 0.2) is 0 Å². The molecule has 0 unspecified atom stereocenters. The normalized spacial score (nSPS) is 12.9. The third kappa shape index (κ3) is 5.77. The van der Waals surface area contributed by atoms with Crippen LogP contribution in [0.25, 0.3) is 0 Å². The molecule has 0 bridgehead atoms. The van der Waals surface area contributed by atoms with E-state index >= 15 is 0 Å². The van der Waals surface area contributed by atoms with E-state index in [9.17, 15) is 28.4 Å². The summed E-state index contributed by atoms with van der Waals surface area (Å²) < 4.78 is 33.5. The molecule has 1 aliphatic heterocycles. The predicted molar refractivity (Wildman–Crippen MR) is 119 cm³/mol. The van der Waals surface area contributed by atoms with Crippen LogP contribution in [0.3, 0.4) is 0 Å². The van der Waals surface area contributed by atoms with Crippen molar-refractivity contribution < 1.29 is 33.1 Å². The Morgan fingerprint density at radius 3 is 2.67 bits per heavy atom. The topological polar surface area (TPSA) is 125 Å². The van der Waals surface area contributed by atoms with Gasteiger partial charge in [-0.1, -0.05) is 18.2 Å². The van der Waals surface area contributed by atoms with Crippen molar-refractivity contribution in [3.05, 3.63) is 58.7 Å². The van der Waals surface area contributed by atoms with Crippen LogP contribution in [0.15, 0.2) is 30.3 Å². The van der Waals surface area contributed by atoms with Crippen LogP contribution in [-0.2, 0) is 22.6 Å². The molecule has 0 saturated heterocycles. The van der Waals surface area contributed by atoms with Gasteiger partial charge in [-0.05, 0) is 42.6 Å². The number of nitrogens with zero attached hydrogens (tertiary/aromatic N) is 1. The van der Waals surface area contributed by atoms with Gasteiger partial charge in [0.25, 0.3) is 5.91 Å². The molecule has 1 aliphatic rings. The summed E-state index contributed by atoms with van der Waals surface area (Å²) in [6, 6.07) is 7.51. The Bertz CT molecular complexity index is 1070. The highest BCUT2D eigenvalue weighted by Gasteiger charge is 2.31. The zero-order chi connectivity index (χ0) is 24.3. The average molecular weight is 458 g/mol. The third-order valence-corrected chi connectivity index (χ3v) is 5.55. The third-order valence-electron chi connectivity index (χ3n) is 5.55. The smallest absolute Gasteiger partial charge is 0.430 e. The van der Waals surface area contributed by atoms with Gasteiger partial charge in [0.05, 0.1) is 24.2 Å². The van der Waals surface area contributed by atoms with Crippen molar-refractivity contribution in [2.45, 2.75) is 32.5 Å². The fourth-order valence-corrected chi connectivity index (χ4v) is 3.58. The molecule has 0 atom stereocenters. The number of fused-ring (bicyclic) bond motifs is 1. The average Bonchev–Trinajstić information content (AvgIpc) is 3.19. The Hall–Kier alpha value is -2.79. The number of halogens is 2. The van der Waals surface area contributed by atoms with Crippen molar-refractivity contribution in [3.63, 3.8) is 0 Å². The molecule has 1 heterocycles. The molecule has 8 nitrogen and oxygen atoms in total. The van der Waals surface area contributed by atoms with Gasteiger partial charge in [-0.2, -0.15) is 0 Å². The van der Waals surface area contributed by atoms with Gasteiger partial charge in [-0.25, -0.2) is 8.78 Å². The minimum Gasteiger partial charge on any atom is -0.430 e. The molecular formula is C21H24B2F2N3O5. The summed E-state index contributed by atoms with van der Waals surface area (Å²) in [5.41, 5.74) is 6.01. The molecular weight excluding hydrogens is 434 g/mol. The summed E-state index contributed by atoms with van der Waals surface area (Å²) in [6.07, 6.45) is 0. The Morgan fingerprint density at radius 1 is 1.27 bits per heavy atom. The van der Waals surface area contributed by atoms with Crippen molar-refractivity contribution in [2.75, 3.05) is 13.1 Å². The minimum absolute atomic E-state index is 0.00683. The van der Waals surface area contributed by atoms with Crippen LogP contribution in [0.2, 0.25) is 0 Å². The summed E-state index contributed by atoms with van der Waals surface area (Å²) in [4.78, 5) is 26.0. The van der Waals surface area contributed by atoms with E-state index in [0.29, 0.717) is 13.2 Å². The van der Waals surface area contributed by atoms with Crippen LogP contribution in [0, 0.1) is 11.6 Å². The predicted octanol–water partition coefficient (Wildman–Crippen LogP) is -1.08. The molecule has 5 N–H and O–H groups in total. The van der Waals surface area contributed by atoms with Crippen LogP contribution in [0.5, 0.6) is 0 Å². The second kappa shape index (κ2) is 10.0. The second-order valence-corrected chi connectivity index (χ2v) is 8.48. The number of carbonyl (C=O) groups excluding carboxylic acids is 2. The maximum Gasteiger partial charge on any atom is 0.494 e. The van der Waals surface area contributed by atoms with E-state index in [2.05, 4.69) is 5.32 Å². The number of benzene rings is 2. The number of nitrogens with two attached hydrogens (primary N) is 1.